The lowest BCUT2D eigenvalue weighted by atomic mass is 10.2. The van der Waals surface area contributed by atoms with Crippen molar-refractivity contribution in [3.63, 3.8) is 0 Å². The standard InChI is InChI=1S/C20H22ClN3O3S/c1-4-23(5-2)18(25)13(3)28-20-22-17-11-14(21)8-9-16(17)19(26)24(20)12-15-7-6-10-27-15/h6-11,13H,4-5,12H2,1-3H3. The minimum atomic E-state index is -0.383. The predicted molar refractivity (Wildman–Crippen MR) is 112 cm³/mol. The van der Waals surface area contributed by atoms with Crippen molar-refractivity contribution < 1.29 is 9.21 Å². The van der Waals surface area contributed by atoms with E-state index in [-0.39, 0.29) is 23.3 Å². The summed E-state index contributed by atoms with van der Waals surface area (Å²) in [5.74, 6) is 0.654. The largest absolute Gasteiger partial charge is 0.467 e. The lowest BCUT2D eigenvalue weighted by Crippen LogP contribution is -2.36. The second-order valence-electron chi connectivity index (χ2n) is 6.30. The molecular weight excluding hydrogens is 398 g/mol. The quantitative estimate of drug-likeness (QED) is 0.427. The van der Waals surface area contributed by atoms with Gasteiger partial charge in [-0.1, -0.05) is 23.4 Å². The maximum Gasteiger partial charge on any atom is 0.262 e. The van der Waals surface area contributed by atoms with E-state index < -0.39 is 0 Å². The Bertz CT molecular complexity index is 1030. The third kappa shape index (κ3) is 4.25. The molecule has 0 aliphatic carbocycles. The molecule has 0 saturated heterocycles. The molecule has 6 nitrogen and oxygen atoms in total. The maximum absolute atomic E-state index is 13.1. The van der Waals surface area contributed by atoms with Crippen molar-refractivity contribution in [1.82, 2.24) is 14.5 Å². The molecule has 0 N–H and O–H groups in total. The van der Waals surface area contributed by atoms with Crippen molar-refractivity contribution >= 4 is 40.2 Å². The fraction of sp³-hybridized carbons (Fsp3) is 0.350. The van der Waals surface area contributed by atoms with Gasteiger partial charge in [-0.3, -0.25) is 14.2 Å². The normalized spacial score (nSPS) is 12.3. The number of benzene rings is 1. The summed E-state index contributed by atoms with van der Waals surface area (Å²) in [5.41, 5.74) is 0.321. The average Bonchev–Trinajstić information content (AvgIpc) is 3.18. The van der Waals surface area contributed by atoms with E-state index in [0.717, 1.165) is 0 Å². The van der Waals surface area contributed by atoms with Crippen LogP contribution in [-0.2, 0) is 11.3 Å². The van der Waals surface area contributed by atoms with Crippen molar-refractivity contribution in [1.29, 1.82) is 0 Å². The molecule has 0 fully saturated rings. The molecule has 148 valence electrons. The van der Waals surface area contributed by atoms with Crippen LogP contribution in [0.3, 0.4) is 0 Å². The Morgan fingerprint density at radius 2 is 2.07 bits per heavy atom. The zero-order valence-electron chi connectivity index (χ0n) is 16.0. The van der Waals surface area contributed by atoms with Gasteiger partial charge in [0.15, 0.2) is 5.16 Å². The molecule has 2 heterocycles. The Morgan fingerprint density at radius 3 is 2.71 bits per heavy atom. The predicted octanol–water partition coefficient (Wildman–Crippen LogP) is 4.04. The Hall–Kier alpha value is -2.25. The number of furan rings is 1. The van der Waals surface area contributed by atoms with Crippen LogP contribution >= 0.6 is 23.4 Å². The van der Waals surface area contributed by atoms with Gasteiger partial charge in [0, 0.05) is 18.1 Å². The first-order chi connectivity index (χ1) is 13.4. The van der Waals surface area contributed by atoms with Gasteiger partial charge in [0.05, 0.1) is 29.0 Å². The van der Waals surface area contributed by atoms with Crippen molar-refractivity contribution in [3.8, 4) is 0 Å². The molecule has 1 amide bonds. The van der Waals surface area contributed by atoms with Crippen LogP contribution in [0.15, 0.2) is 51.0 Å². The highest BCUT2D eigenvalue weighted by Crippen LogP contribution is 2.25. The molecule has 2 aromatic heterocycles. The molecule has 0 saturated carbocycles. The van der Waals surface area contributed by atoms with Crippen molar-refractivity contribution in [2.75, 3.05) is 13.1 Å². The van der Waals surface area contributed by atoms with E-state index in [9.17, 15) is 9.59 Å². The van der Waals surface area contributed by atoms with Crippen LogP contribution < -0.4 is 5.56 Å². The molecule has 0 bridgehead atoms. The first kappa shape index (κ1) is 20.5. The topological polar surface area (TPSA) is 68.3 Å². The zero-order valence-corrected chi connectivity index (χ0v) is 17.6. The molecule has 0 radical (unpaired) electrons. The van der Waals surface area contributed by atoms with Crippen LogP contribution in [0.2, 0.25) is 5.02 Å². The Morgan fingerprint density at radius 1 is 1.32 bits per heavy atom. The maximum atomic E-state index is 13.1. The molecular formula is C20H22ClN3O3S. The van der Waals surface area contributed by atoms with E-state index in [1.165, 1.54) is 11.8 Å². The number of rotatable bonds is 7. The first-order valence-electron chi connectivity index (χ1n) is 9.12. The Labute approximate surface area is 172 Å². The molecule has 3 rings (SSSR count). The van der Waals surface area contributed by atoms with Crippen LogP contribution in [0.5, 0.6) is 0 Å². The second kappa shape index (κ2) is 8.84. The number of thioether (sulfide) groups is 1. The number of carbonyl (C=O) groups is 1. The summed E-state index contributed by atoms with van der Waals surface area (Å²) in [6, 6.07) is 8.58. The number of nitrogens with zero attached hydrogens (tertiary/aromatic N) is 3. The smallest absolute Gasteiger partial charge is 0.262 e. The Balaban J connectivity index is 2.05. The van der Waals surface area contributed by atoms with Gasteiger partial charge in [-0.05, 0) is 51.1 Å². The van der Waals surface area contributed by atoms with Crippen molar-refractivity contribution in [2.24, 2.45) is 0 Å². The van der Waals surface area contributed by atoms with Gasteiger partial charge in [0.25, 0.3) is 5.56 Å². The first-order valence-corrected chi connectivity index (χ1v) is 10.4. The number of halogens is 1. The highest BCUT2D eigenvalue weighted by Gasteiger charge is 2.23. The minimum absolute atomic E-state index is 0.0139. The summed E-state index contributed by atoms with van der Waals surface area (Å²) in [7, 11) is 0. The van der Waals surface area contributed by atoms with Crippen LogP contribution in [0.4, 0.5) is 0 Å². The number of amides is 1. The number of hydrogen-bond donors (Lipinski definition) is 0. The summed E-state index contributed by atoms with van der Waals surface area (Å²) in [5, 5.41) is 1.06. The van der Waals surface area contributed by atoms with E-state index in [4.69, 9.17) is 16.0 Å². The number of aromatic nitrogens is 2. The molecule has 0 spiro atoms. The summed E-state index contributed by atoms with van der Waals surface area (Å²) in [6.07, 6.45) is 1.56. The SMILES string of the molecule is CCN(CC)C(=O)C(C)Sc1nc2cc(Cl)ccc2c(=O)n1Cc1ccco1. The third-order valence-electron chi connectivity index (χ3n) is 4.48. The molecule has 8 heteroatoms. The molecule has 1 unspecified atom stereocenters. The van der Waals surface area contributed by atoms with E-state index in [2.05, 4.69) is 4.98 Å². The second-order valence-corrected chi connectivity index (χ2v) is 8.04. The highest BCUT2D eigenvalue weighted by atomic mass is 35.5. The monoisotopic (exact) mass is 419 g/mol. The fourth-order valence-electron chi connectivity index (χ4n) is 2.96. The number of carbonyl (C=O) groups excluding carboxylic acids is 1. The molecule has 28 heavy (non-hydrogen) atoms. The summed E-state index contributed by atoms with van der Waals surface area (Å²) in [4.78, 5) is 32.2. The summed E-state index contributed by atoms with van der Waals surface area (Å²) < 4.78 is 6.96. The van der Waals surface area contributed by atoms with E-state index in [1.807, 2.05) is 20.8 Å². The van der Waals surface area contributed by atoms with E-state index in [0.29, 0.717) is 39.9 Å². The molecule has 1 aromatic carbocycles. The van der Waals surface area contributed by atoms with Gasteiger partial charge < -0.3 is 9.32 Å². The van der Waals surface area contributed by atoms with Gasteiger partial charge in [0.1, 0.15) is 5.76 Å². The van der Waals surface area contributed by atoms with E-state index in [1.54, 1.807) is 46.1 Å². The van der Waals surface area contributed by atoms with Gasteiger partial charge in [-0.2, -0.15) is 0 Å². The fourth-order valence-corrected chi connectivity index (χ4v) is 4.12. The lowest BCUT2D eigenvalue weighted by molar-refractivity contribution is -0.129. The molecule has 1 atom stereocenters. The van der Waals surface area contributed by atoms with E-state index >= 15 is 0 Å². The molecule has 0 aliphatic rings. The van der Waals surface area contributed by atoms with Crippen molar-refractivity contribution in [3.05, 3.63) is 57.7 Å². The van der Waals surface area contributed by atoms with Gasteiger partial charge >= 0.3 is 0 Å². The summed E-state index contributed by atoms with van der Waals surface area (Å²) >= 11 is 7.35. The van der Waals surface area contributed by atoms with Crippen LogP contribution in [0.25, 0.3) is 10.9 Å². The molecule has 3 aromatic rings. The van der Waals surface area contributed by atoms with Gasteiger partial charge in [0.2, 0.25) is 5.91 Å². The van der Waals surface area contributed by atoms with Crippen LogP contribution in [0.1, 0.15) is 26.5 Å². The average molecular weight is 420 g/mol. The van der Waals surface area contributed by atoms with Crippen LogP contribution in [-0.4, -0.2) is 38.7 Å². The lowest BCUT2D eigenvalue weighted by Gasteiger charge is -2.23. The Kier molecular flexibility index (Phi) is 6.46. The van der Waals surface area contributed by atoms with Crippen molar-refractivity contribution in [2.45, 2.75) is 37.7 Å². The van der Waals surface area contributed by atoms with Gasteiger partial charge in [-0.25, -0.2) is 4.98 Å². The molecule has 0 aliphatic heterocycles. The summed E-state index contributed by atoms with van der Waals surface area (Å²) in [6.45, 7) is 7.24. The zero-order chi connectivity index (χ0) is 20.3. The van der Waals surface area contributed by atoms with Crippen LogP contribution in [0, 0.1) is 0 Å². The van der Waals surface area contributed by atoms with Gasteiger partial charge in [-0.15, -0.1) is 0 Å². The third-order valence-corrected chi connectivity index (χ3v) is 5.79. The minimum Gasteiger partial charge on any atom is -0.467 e. The highest BCUT2D eigenvalue weighted by molar-refractivity contribution is 8.00. The number of hydrogen-bond acceptors (Lipinski definition) is 5. The number of fused-ring (bicyclic) bond motifs is 1.